The van der Waals surface area contributed by atoms with Crippen molar-refractivity contribution in [3.63, 3.8) is 0 Å². The van der Waals surface area contributed by atoms with Gasteiger partial charge in [-0.3, -0.25) is 14.6 Å². The van der Waals surface area contributed by atoms with Crippen LogP contribution in [-0.2, 0) is 16.0 Å². The van der Waals surface area contributed by atoms with Gasteiger partial charge in [0.15, 0.2) is 0 Å². The Morgan fingerprint density at radius 1 is 1.30 bits per heavy atom. The number of hydrogen-bond acceptors (Lipinski definition) is 3. The minimum absolute atomic E-state index is 0.0304. The maximum atomic E-state index is 12.4. The lowest BCUT2D eigenvalue weighted by Crippen LogP contribution is -2.63. The van der Waals surface area contributed by atoms with Crippen LogP contribution >= 0.6 is 0 Å². The van der Waals surface area contributed by atoms with E-state index < -0.39 is 0 Å². The third-order valence-electron chi connectivity index (χ3n) is 3.74. The molecular weight excluding hydrogens is 254 g/mol. The van der Waals surface area contributed by atoms with Crippen LogP contribution in [0, 0.1) is 0 Å². The Kier molecular flexibility index (Phi) is 4.71. The number of hydrogen-bond donors (Lipinski definition) is 1. The van der Waals surface area contributed by atoms with Crippen molar-refractivity contribution in [3.05, 3.63) is 30.1 Å². The molecule has 1 fully saturated rings. The van der Waals surface area contributed by atoms with Crippen LogP contribution in [0.15, 0.2) is 24.5 Å². The lowest BCUT2D eigenvalue weighted by molar-refractivity contribution is -0.149. The summed E-state index contributed by atoms with van der Waals surface area (Å²) in [6.07, 6.45) is 5.52. The van der Waals surface area contributed by atoms with Crippen LogP contribution in [0.2, 0.25) is 0 Å². The molecule has 0 spiro atoms. The lowest BCUT2D eigenvalue weighted by Gasteiger charge is -2.38. The van der Waals surface area contributed by atoms with Crippen molar-refractivity contribution in [3.8, 4) is 0 Å². The first kappa shape index (κ1) is 14.5. The number of carbonyl (C=O) groups excluding carboxylic acids is 2. The van der Waals surface area contributed by atoms with Gasteiger partial charge < -0.3 is 10.2 Å². The highest BCUT2D eigenvalue weighted by Gasteiger charge is 2.38. The van der Waals surface area contributed by atoms with Crippen LogP contribution in [0.1, 0.15) is 32.3 Å². The van der Waals surface area contributed by atoms with Crippen LogP contribution in [0.5, 0.6) is 0 Å². The molecule has 2 atom stereocenters. The average molecular weight is 275 g/mol. The number of carbonyl (C=O) groups is 2. The molecule has 1 aliphatic heterocycles. The Morgan fingerprint density at radius 2 is 2.10 bits per heavy atom. The fourth-order valence-corrected chi connectivity index (χ4v) is 2.57. The first-order chi connectivity index (χ1) is 9.67. The predicted octanol–water partition coefficient (Wildman–Crippen LogP) is 1.14. The Balaban J connectivity index is 2.08. The van der Waals surface area contributed by atoms with E-state index in [1.165, 1.54) is 0 Å². The molecule has 2 heterocycles. The highest BCUT2D eigenvalue weighted by molar-refractivity contribution is 5.96. The van der Waals surface area contributed by atoms with Crippen molar-refractivity contribution in [1.29, 1.82) is 0 Å². The largest absolute Gasteiger partial charge is 0.343 e. The molecule has 0 saturated carbocycles. The molecule has 1 aromatic rings. The summed E-state index contributed by atoms with van der Waals surface area (Å²) in [5.74, 6) is -0.00650. The fourth-order valence-electron chi connectivity index (χ4n) is 2.57. The summed E-state index contributed by atoms with van der Waals surface area (Å²) in [4.78, 5) is 30.2. The number of amides is 2. The Bertz CT molecular complexity index is 475. The second-order valence-electron chi connectivity index (χ2n) is 5.04. The molecule has 108 valence electrons. The zero-order chi connectivity index (χ0) is 14.5. The minimum atomic E-state index is -0.376. The SMILES string of the molecule is CCC1NC(=O)C(CC)N(CCc2cccnc2)C1=O. The topological polar surface area (TPSA) is 62.3 Å². The summed E-state index contributed by atoms with van der Waals surface area (Å²) >= 11 is 0. The second-order valence-corrected chi connectivity index (χ2v) is 5.04. The molecular formula is C15H21N3O2. The number of aromatic nitrogens is 1. The monoisotopic (exact) mass is 275 g/mol. The molecule has 2 amide bonds. The van der Waals surface area contributed by atoms with Gasteiger partial charge in [-0.25, -0.2) is 0 Å². The van der Waals surface area contributed by atoms with Gasteiger partial charge in [0.05, 0.1) is 0 Å². The molecule has 5 heteroatoms. The summed E-state index contributed by atoms with van der Waals surface area (Å²) in [5.41, 5.74) is 1.08. The van der Waals surface area contributed by atoms with E-state index in [-0.39, 0.29) is 23.9 Å². The van der Waals surface area contributed by atoms with Crippen molar-refractivity contribution in [1.82, 2.24) is 15.2 Å². The molecule has 20 heavy (non-hydrogen) atoms. The first-order valence-corrected chi connectivity index (χ1v) is 7.17. The van der Waals surface area contributed by atoms with Crippen LogP contribution in [0.4, 0.5) is 0 Å². The molecule has 5 nitrogen and oxygen atoms in total. The molecule has 0 bridgehead atoms. The summed E-state index contributed by atoms with van der Waals surface area (Å²) in [5, 5.41) is 2.80. The normalized spacial score (nSPS) is 22.8. The number of nitrogens with zero attached hydrogens (tertiary/aromatic N) is 2. The number of nitrogens with one attached hydrogen (secondary N) is 1. The Morgan fingerprint density at radius 3 is 2.70 bits per heavy atom. The van der Waals surface area contributed by atoms with Gasteiger partial charge in [0.1, 0.15) is 12.1 Å². The van der Waals surface area contributed by atoms with Crippen LogP contribution in [0.3, 0.4) is 0 Å². The van der Waals surface area contributed by atoms with E-state index in [9.17, 15) is 9.59 Å². The molecule has 0 radical (unpaired) electrons. The van der Waals surface area contributed by atoms with Crippen LogP contribution in [-0.4, -0.2) is 40.3 Å². The van der Waals surface area contributed by atoms with Gasteiger partial charge in [0.25, 0.3) is 0 Å². The fraction of sp³-hybridized carbons (Fsp3) is 0.533. The third kappa shape index (κ3) is 2.98. The molecule has 1 aromatic heterocycles. The molecule has 1 saturated heterocycles. The summed E-state index contributed by atoms with van der Waals surface area (Å²) in [7, 11) is 0. The van der Waals surface area contributed by atoms with Gasteiger partial charge in [-0.2, -0.15) is 0 Å². The van der Waals surface area contributed by atoms with E-state index in [1.54, 1.807) is 17.3 Å². The van der Waals surface area contributed by atoms with Crippen LogP contribution in [0.25, 0.3) is 0 Å². The zero-order valence-electron chi connectivity index (χ0n) is 12.0. The molecule has 2 rings (SSSR count). The molecule has 0 aromatic carbocycles. The summed E-state index contributed by atoms with van der Waals surface area (Å²) < 4.78 is 0. The van der Waals surface area contributed by atoms with Crippen molar-refractivity contribution < 1.29 is 9.59 Å². The third-order valence-corrected chi connectivity index (χ3v) is 3.74. The van der Waals surface area contributed by atoms with Crippen molar-refractivity contribution in [2.45, 2.75) is 45.2 Å². The van der Waals surface area contributed by atoms with Crippen molar-refractivity contribution in [2.75, 3.05) is 6.54 Å². The van der Waals surface area contributed by atoms with Crippen LogP contribution < -0.4 is 5.32 Å². The second kappa shape index (κ2) is 6.50. The molecule has 2 unspecified atom stereocenters. The van der Waals surface area contributed by atoms with E-state index in [0.717, 1.165) is 12.0 Å². The van der Waals surface area contributed by atoms with E-state index in [4.69, 9.17) is 0 Å². The lowest BCUT2D eigenvalue weighted by atomic mass is 10.0. The van der Waals surface area contributed by atoms with Gasteiger partial charge in [0.2, 0.25) is 11.8 Å². The predicted molar refractivity (Wildman–Crippen MR) is 76.0 cm³/mol. The number of pyridine rings is 1. The Labute approximate surface area is 119 Å². The first-order valence-electron chi connectivity index (χ1n) is 7.17. The van der Waals surface area contributed by atoms with Gasteiger partial charge in [-0.05, 0) is 30.9 Å². The highest BCUT2D eigenvalue weighted by Crippen LogP contribution is 2.15. The molecule has 1 N–H and O–H groups in total. The Hall–Kier alpha value is -1.91. The van der Waals surface area contributed by atoms with E-state index >= 15 is 0 Å². The minimum Gasteiger partial charge on any atom is -0.343 e. The molecule has 0 aliphatic carbocycles. The van der Waals surface area contributed by atoms with Gasteiger partial charge in [-0.1, -0.05) is 19.9 Å². The van der Waals surface area contributed by atoms with E-state index in [2.05, 4.69) is 10.3 Å². The van der Waals surface area contributed by atoms with Crippen molar-refractivity contribution in [2.24, 2.45) is 0 Å². The maximum Gasteiger partial charge on any atom is 0.245 e. The number of rotatable bonds is 5. The number of piperazine rings is 1. The highest BCUT2D eigenvalue weighted by atomic mass is 16.2. The van der Waals surface area contributed by atoms with E-state index in [1.807, 2.05) is 26.0 Å². The quantitative estimate of drug-likeness (QED) is 0.876. The average Bonchev–Trinajstić information content (AvgIpc) is 2.48. The summed E-state index contributed by atoms with van der Waals surface area (Å²) in [6, 6.07) is 3.15. The van der Waals surface area contributed by atoms with Crippen molar-refractivity contribution >= 4 is 11.8 Å². The molecule has 1 aliphatic rings. The van der Waals surface area contributed by atoms with E-state index in [0.29, 0.717) is 19.4 Å². The summed E-state index contributed by atoms with van der Waals surface area (Å²) in [6.45, 7) is 4.40. The van der Waals surface area contributed by atoms with Gasteiger partial charge >= 0.3 is 0 Å². The smallest absolute Gasteiger partial charge is 0.245 e. The standard InChI is InChI=1S/C15H21N3O2/c1-3-12-15(20)18(13(4-2)14(19)17-12)9-7-11-6-5-8-16-10-11/h5-6,8,10,12-13H,3-4,7,9H2,1-2H3,(H,17,19). The zero-order valence-corrected chi connectivity index (χ0v) is 12.0. The maximum absolute atomic E-state index is 12.4. The van der Waals surface area contributed by atoms with Gasteiger partial charge in [-0.15, -0.1) is 0 Å². The van der Waals surface area contributed by atoms with Gasteiger partial charge in [0, 0.05) is 18.9 Å².